The van der Waals surface area contributed by atoms with E-state index in [-0.39, 0.29) is 18.9 Å². The third-order valence-electron chi connectivity index (χ3n) is 12.6. The first-order chi connectivity index (χ1) is 35.4. The van der Waals surface area contributed by atoms with E-state index >= 15 is 0 Å². The van der Waals surface area contributed by atoms with Crippen LogP contribution in [0.3, 0.4) is 0 Å². The summed E-state index contributed by atoms with van der Waals surface area (Å²) in [5, 5.41) is 24.8. The van der Waals surface area contributed by atoms with Crippen molar-refractivity contribution in [1.82, 2.24) is 5.32 Å². The van der Waals surface area contributed by atoms with Gasteiger partial charge in [0.25, 0.3) is 0 Å². The number of likely N-dealkylation sites (N-methyl/N-ethyl adjacent to an activating group) is 1. The zero-order valence-electron chi connectivity index (χ0n) is 47.4. The minimum Gasteiger partial charge on any atom is -0.390 e. The van der Waals surface area contributed by atoms with Crippen molar-refractivity contribution in [1.29, 1.82) is 0 Å². The Kier molecular flexibility index (Phi) is 50.5. The second-order valence-electron chi connectivity index (χ2n) is 20.8. The van der Waals surface area contributed by atoms with Crippen LogP contribution in [0, 0.1) is 0 Å². The Morgan fingerprint density at radius 2 is 0.849 bits per heavy atom. The predicted molar refractivity (Wildman–Crippen MR) is 315 cm³/mol. The van der Waals surface area contributed by atoms with Gasteiger partial charge in [-0.25, -0.2) is 4.57 Å². The van der Waals surface area contributed by atoms with Crippen LogP contribution in [-0.4, -0.2) is 84.6 Å². The van der Waals surface area contributed by atoms with Crippen LogP contribution >= 0.6 is 7.82 Å². The van der Waals surface area contributed by atoms with Crippen LogP contribution in [0.1, 0.15) is 226 Å². The summed E-state index contributed by atoms with van der Waals surface area (Å²) in [6, 6.07) is -1.06. The molecule has 0 aliphatic rings. The summed E-state index contributed by atoms with van der Waals surface area (Å²) in [5.74, 6) is -0.275. The van der Waals surface area contributed by atoms with Crippen LogP contribution in [0.25, 0.3) is 0 Å². The number of amides is 1. The van der Waals surface area contributed by atoms with E-state index in [1.54, 1.807) is 0 Å². The molecule has 0 bridgehead atoms. The van der Waals surface area contributed by atoms with Gasteiger partial charge in [0.05, 0.1) is 39.9 Å². The molecule has 4 atom stereocenters. The molecule has 0 fully saturated rings. The maximum Gasteiger partial charge on any atom is 0.472 e. The monoisotopic (exact) mass is 1040 g/mol. The molecule has 4 N–H and O–H groups in total. The molecule has 0 rings (SSSR count). The number of aliphatic hydroxyl groups excluding tert-OH is 2. The van der Waals surface area contributed by atoms with E-state index in [1.807, 2.05) is 21.1 Å². The fourth-order valence-corrected chi connectivity index (χ4v) is 8.72. The van der Waals surface area contributed by atoms with Gasteiger partial charge in [-0.1, -0.05) is 226 Å². The molecule has 10 heteroatoms. The number of carbonyl (C=O) groups is 1. The average Bonchev–Trinajstić information content (AvgIpc) is 3.35. The first-order valence-electron chi connectivity index (χ1n) is 29.3. The number of carbonyl (C=O) groups excluding carboxylic acids is 1. The number of nitrogens with one attached hydrogen (secondary N) is 1. The third kappa shape index (κ3) is 53.7. The molecule has 0 aromatic rings. The number of hydrogen-bond donors (Lipinski definition) is 4. The number of rotatable bonds is 52. The summed E-state index contributed by atoms with van der Waals surface area (Å²) in [6.45, 7) is 4.45. The molecule has 0 aromatic carbocycles. The first kappa shape index (κ1) is 70.1. The second kappa shape index (κ2) is 52.6. The van der Waals surface area contributed by atoms with Gasteiger partial charge in [-0.15, -0.1) is 0 Å². The summed E-state index contributed by atoms with van der Waals surface area (Å²) in [4.78, 5) is 23.3. The molecule has 9 nitrogen and oxygen atoms in total. The number of nitrogens with zero attached hydrogens (tertiary/aromatic N) is 1. The summed E-state index contributed by atoms with van der Waals surface area (Å²) in [6.07, 6.45) is 73.3. The average molecular weight is 1040 g/mol. The molecule has 420 valence electrons. The Labute approximate surface area is 449 Å². The molecule has 1 amide bonds. The van der Waals surface area contributed by atoms with E-state index in [4.69, 9.17) is 9.05 Å². The van der Waals surface area contributed by atoms with Crippen molar-refractivity contribution in [3.63, 3.8) is 0 Å². The zero-order chi connectivity index (χ0) is 53.6. The lowest BCUT2D eigenvalue weighted by molar-refractivity contribution is -0.870. The Bertz CT molecular complexity index is 1570. The fourth-order valence-electron chi connectivity index (χ4n) is 7.98. The molecule has 0 aliphatic carbocycles. The summed E-state index contributed by atoms with van der Waals surface area (Å²) in [5.41, 5.74) is 0. The van der Waals surface area contributed by atoms with E-state index in [2.05, 4.69) is 129 Å². The van der Waals surface area contributed by atoms with Crippen LogP contribution in [0.2, 0.25) is 0 Å². The van der Waals surface area contributed by atoms with Gasteiger partial charge < -0.3 is 24.9 Å². The highest BCUT2D eigenvalue weighted by Gasteiger charge is 2.31. The Balaban J connectivity index is 4.15. The minimum absolute atomic E-state index is 0.0117. The van der Waals surface area contributed by atoms with Crippen LogP contribution < -0.4 is 5.32 Å². The highest BCUT2D eigenvalue weighted by Crippen LogP contribution is 2.43. The summed E-state index contributed by atoms with van der Waals surface area (Å²) >= 11 is 0. The van der Waals surface area contributed by atoms with Gasteiger partial charge in [-0.05, 0) is 103 Å². The quantitative estimate of drug-likeness (QED) is 0.0207. The molecular formula is C63H112N2O7P+. The van der Waals surface area contributed by atoms with Crippen molar-refractivity contribution in [3.8, 4) is 0 Å². The zero-order valence-corrected chi connectivity index (χ0v) is 48.3. The van der Waals surface area contributed by atoms with Gasteiger partial charge >= 0.3 is 7.82 Å². The van der Waals surface area contributed by atoms with E-state index in [1.165, 1.54) is 103 Å². The standard InChI is InChI=1S/C63H111N2O7P/c1-6-8-10-12-14-16-18-20-21-22-23-24-25-26-27-28-29-30-31-32-33-34-35-36-37-38-39-40-41-42-43-44-46-48-50-52-54-56-62(67)64-60(59-72-73(69,70)71-58-57-65(3,4)5)63(68)61(66)55-53-51-49-47-45-19-17-15-13-11-9-7-2/h8,10,14,16,20-21,23-24,26-27,29-30,32-33,35-36,47,49,60-61,63,66,68H,6-7,9,11-13,15,17-19,22,25,28,31,34,37-46,48,50-59H2,1-5H3,(H-,64,67,69,70)/p+1/b10-8-,16-14-,21-20-,24-23-,27-26-,30-29-,33-32-,36-35-,49-47+. The predicted octanol–water partition coefficient (Wildman–Crippen LogP) is 17.0. The summed E-state index contributed by atoms with van der Waals surface area (Å²) < 4.78 is 23.6. The topological polar surface area (TPSA) is 125 Å². The molecule has 0 radical (unpaired) electrons. The summed E-state index contributed by atoms with van der Waals surface area (Å²) in [7, 11) is 1.41. The molecule has 73 heavy (non-hydrogen) atoms. The Morgan fingerprint density at radius 1 is 0.493 bits per heavy atom. The molecule has 0 aliphatic heterocycles. The van der Waals surface area contributed by atoms with Crippen molar-refractivity contribution in [3.05, 3.63) is 109 Å². The minimum atomic E-state index is -4.43. The van der Waals surface area contributed by atoms with E-state index in [0.717, 1.165) is 83.5 Å². The van der Waals surface area contributed by atoms with Gasteiger partial charge in [0.2, 0.25) is 5.91 Å². The molecule has 0 heterocycles. The molecule has 0 aromatic heterocycles. The Hall–Kier alpha value is -2.88. The van der Waals surface area contributed by atoms with Gasteiger partial charge in [-0.3, -0.25) is 13.8 Å². The van der Waals surface area contributed by atoms with Crippen molar-refractivity contribution in [2.75, 3.05) is 40.9 Å². The van der Waals surface area contributed by atoms with E-state index < -0.39 is 32.7 Å². The lowest BCUT2D eigenvalue weighted by Crippen LogP contribution is -2.51. The maximum absolute atomic E-state index is 13.0. The number of aliphatic hydroxyl groups is 2. The molecule has 0 spiro atoms. The van der Waals surface area contributed by atoms with Gasteiger partial charge in [0.1, 0.15) is 19.3 Å². The first-order valence-corrected chi connectivity index (χ1v) is 30.8. The van der Waals surface area contributed by atoms with Gasteiger partial charge in [-0.2, -0.15) is 0 Å². The van der Waals surface area contributed by atoms with Crippen molar-refractivity contribution < 1.29 is 38.0 Å². The number of allylic oxidation sites excluding steroid dienone is 18. The number of hydrogen-bond acceptors (Lipinski definition) is 6. The highest BCUT2D eigenvalue weighted by atomic mass is 31.2. The SMILES string of the molecule is CC/C=C\C/C=C\C/C=C\C/C=C\C/C=C\C/C=C\C/C=C\C/C=C\CCCCCCCCCCCCCCC(=O)NC(COP(=O)(O)OCC[N+](C)(C)C)C(O)C(O)CCC/C=C/CCCCCCCCC. The van der Waals surface area contributed by atoms with Crippen LogP contribution in [0.5, 0.6) is 0 Å². The van der Waals surface area contributed by atoms with E-state index in [0.29, 0.717) is 30.3 Å². The lowest BCUT2D eigenvalue weighted by Gasteiger charge is -2.28. The lowest BCUT2D eigenvalue weighted by atomic mass is 10.0. The van der Waals surface area contributed by atoms with Crippen LogP contribution in [0.15, 0.2) is 109 Å². The molecule has 4 unspecified atom stereocenters. The number of quaternary nitrogens is 1. The smallest absolute Gasteiger partial charge is 0.390 e. The Morgan fingerprint density at radius 3 is 1.26 bits per heavy atom. The second-order valence-corrected chi connectivity index (χ2v) is 22.2. The molecular weight excluding hydrogens is 928 g/mol. The number of phosphoric ester groups is 1. The van der Waals surface area contributed by atoms with Crippen molar-refractivity contribution in [2.24, 2.45) is 0 Å². The van der Waals surface area contributed by atoms with Crippen LogP contribution in [-0.2, 0) is 18.4 Å². The number of unbranched alkanes of at least 4 members (excludes halogenated alkanes) is 20. The van der Waals surface area contributed by atoms with Gasteiger partial charge in [0.15, 0.2) is 0 Å². The van der Waals surface area contributed by atoms with Crippen molar-refractivity contribution in [2.45, 2.75) is 244 Å². The highest BCUT2D eigenvalue weighted by molar-refractivity contribution is 7.47. The fraction of sp³-hybridized carbons (Fsp3) is 0.698. The number of phosphoric acid groups is 1. The van der Waals surface area contributed by atoms with E-state index in [9.17, 15) is 24.5 Å². The van der Waals surface area contributed by atoms with Gasteiger partial charge in [0, 0.05) is 6.42 Å². The van der Waals surface area contributed by atoms with Crippen molar-refractivity contribution >= 4 is 13.7 Å². The molecule has 0 saturated carbocycles. The largest absolute Gasteiger partial charge is 0.472 e. The third-order valence-corrected chi connectivity index (χ3v) is 13.6. The normalized spacial score (nSPS) is 15.1. The van der Waals surface area contributed by atoms with Crippen LogP contribution in [0.4, 0.5) is 0 Å². The molecule has 0 saturated heterocycles. The maximum atomic E-state index is 13.0.